The van der Waals surface area contributed by atoms with Gasteiger partial charge in [0, 0.05) is 12.7 Å². The predicted molar refractivity (Wildman–Crippen MR) is 78.7 cm³/mol. The van der Waals surface area contributed by atoms with E-state index in [1.54, 1.807) is 0 Å². The molecule has 5 heteroatoms. The van der Waals surface area contributed by atoms with E-state index in [4.69, 9.17) is 11.6 Å². The summed E-state index contributed by atoms with van der Waals surface area (Å²) in [6.07, 6.45) is 1.46. The van der Waals surface area contributed by atoms with Gasteiger partial charge in [0.25, 0.3) is 0 Å². The first-order valence-corrected chi connectivity index (χ1v) is 6.64. The van der Waals surface area contributed by atoms with Crippen molar-refractivity contribution in [2.24, 2.45) is 0 Å². The summed E-state index contributed by atoms with van der Waals surface area (Å²) in [7, 11) is 1.96. The molecule has 1 aromatic carbocycles. The largest absolute Gasteiger partial charge is 0.328 e. The number of anilines is 2. The summed E-state index contributed by atoms with van der Waals surface area (Å²) >= 11 is 9.40. The number of hydrogen-bond donors (Lipinski definition) is 0. The molecule has 0 aliphatic heterocycles. The van der Waals surface area contributed by atoms with Crippen LogP contribution in [0.4, 0.5) is 11.5 Å². The molecular formula is C13H13BrClN3. The summed E-state index contributed by atoms with van der Waals surface area (Å²) in [4.78, 5) is 10.2. The van der Waals surface area contributed by atoms with Gasteiger partial charge >= 0.3 is 0 Å². The van der Waals surface area contributed by atoms with E-state index in [-0.39, 0.29) is 0 Å². The summed E-state index contributed by atoms with van der Waals surface area (Å²) in [5.41, 5.74) is 3.53. The lowest BCUT2D eigenvalue weighted by molar-refractivity contribution is 1.06. The van der Waals surface area contributed by atoms with Gasteiger partial charge in [-0.15, -0.1) is 0 Å². The fourth-order valence-corrected chi connectivity index (χ4v) is 2.47. The van der Waals surface area contributed by atoms with Crippen molar-refractivity contribution in [3.63, 3.8) is 0 Å². The van der Waals surface area contributed by atoms with Crippen LogP contribution in [0.3, 0.4) is 0 Å². The number of aromatic nitrogens is 2. The van der Waals surface area contributed by atoms with E-state index in [1.807, 2.05) is 11.9 Å². The highest BCUT2D eigenvalue weighted by Crippen LogP contribution is 2.33. The Hall–Kier alpha value is -1.13. The number of aryl methyl sites for hydroxylation is 2. The minimum Gasteiger partial charge on any atom is -0.328 e. The van der Waals surface area contributed by atoms with E-state index in [9.17, 15) is 0 Å². The average Bonchev–Trinajstić information content (AvgIpc) is 2.32. The van der Waals surface area contributed by atoms with Crippen LogP contribution < -0.4 is 4.90 Å². The summed E-state index contributed by atoms with van der Waals surface area (Å²) in [5.74, 6) is 0.752. The number of halogens is 2. The molecule has 1 heterocycles. The molecule has 0 N–H and O–H groups in total. The molecule has 1 aromatic heterocycles. The Balaban J connectivity index is 2.48. The molecule has 18 heavy (non-hydrogen) atoms. The molecule has 94 valence electrons. The first-order chi connectivity index (χ1) is 8.50. The van der Waals surface area contributed by atoms with Crippen molar-refractivity contribution in [3.8, 4) is 0 Å². The van der Waals surface area contributed by atoms with Crippen LogP contribution in [0.1, 0.15) is 11.1 Å². The zero-order chi connectivity index (χ0) is 13.3. The maximum atomic E-state index is 5.99. The van der Waals surface area contributed by atoms with Gasteiger partial charge in [-0.1, -0.05) is 29.3 Å². The Bertz CT molecular complexity index is 586. The molecule has 0 radical (unpaired) electrons. The molecule has 0 amide bonds. The zero-order valence-corrected chi connectivity index (χ0v) is 12.7. The summed E-state index contributed by atoms with van der Waals surface area (Å²) in [6.45, 7) is 4.16. The first-order valence-electron chi connectivity index (χ1n) is 5.47. The van der Waals surface area contributed by atoms with Crippen LogP contribution in [-0.2, 0) is 0 Å². The number of benzene rings is 1. The highest BCUT2D eigenvalue weighted by molar-refractivity contribution is 9.10. The van der Waals surface area contributed by atoms with Crippen LogP contribution in [0.15, 0.2) is 29.0 Å². The Labute approximate surface area is 120 Å². The quantitative estimate of drug-likeness (QED) is 0.771. The van der Waals surface area contributed by atoms with Gasteiger partial charge in [-0.2, -0.15) is 0 Å². The molecule has 0 saturated heterocycles. The lowest BCUT2D eigenvalue weighted by Gasteiger charge is -2.21. The molecule has 2 aromatic rings. The van der Waals surface area contributed by atoms with Crippen LogP contribution in [0, 0.1) is 13.8 Å². The van der Waals surface area contributed by atoms with Gasteiger partial charge in [0.05, 0.1) is 4.47 Å². The molecule has 0 spiro atoms. The van der Waals surface area contributed by atoms with Gasteiger partial charge in [0.2, 0.25) is 0 Å². The third-order valence-corrected chi connectivity index (χ3v) is 4.00. The van der Waals surface area contributed by atoms with E-state index in [2.05, 4.69) is 57.9 Å². The topological polar surface area (TPSA) is 29.0 Å². The van der Waals surface area contributed by atoms with Gasteiger partial charge in [0.1, 0.15) is 11.5 Å². The van der Waals surface area contributed by atoms with Gasteiger partial charge in [-0.05, 0) is 41.4 Å². The number of rotatable bonds is 2. The minimum atomic E-state index is 0.414. The lowest BCUT2D eigenvalue weighted by atomic mass is 10.1. The van der Waals surface area contributed by atoms with E-state index in [1.165, 1.54) is 17.5 Å². The predicted octanol–water partition coefficient (Wildman–Crippen LogP) is 4.28. The monoisotopic (exact) mass is 325 g/mol. The molecule has 0 fully saturated rings. The number of hydrogen-bond acceptors (Lipinski definition) is 3. The van der Waals surface area contributed by atoms with Gasteiger partial charge in [0.15, 0.2) is 5.82 Å². The van der Waals surface area contributed by atoms with Crippen LogP contribution in [0.5, 0.6) is 0 Å². The Morgan fingerprint density at radius 2 is 1.94 bits per heavy atom. The van der Waals surface area contributed by atoms with Crippen LogP contribution in [-0.4, -0.2) is 17.0 Å². The smallest absolute Gasteiger partial charge is 0.152 e. The summed E-state index contributed by atoms with van der Waals surface area (Å²) in [5, 5.41) is 0.414. The number of nitrogens with zero attached hydrogens (tertiary/aromatic N) is 3. The van der Waals surface area contributed by atoms with E-state index >= 15 is 0 Å². The second kappa shape index (κ2) is 5.24. The second-order valence-electron chi connectivity index (χ2n) is 4.15. The van der Waals surface area contributed by atoms with Crippen LogP contribution in [0.25, 0.3) is 0 Å². The van der Waals surface area contributed by atoms with Crippen molar-refractivity contribution in [2.75, 3.05) is 11.9 Å². The Morgan fingerprint density at radius 3 is 2.61 bits per heavy atom. The highest BCUT2D eigenvalue weighted by Gasteiger charge is 2.14. The second-order valence-corrected chi connectivity index (χ2v) is 5.30. The molecule has 0 saturated carbocycles. The fraction of sp³-hybridized carbons (Fsp3) is 0.231. The standard InChI is InChI=1S/C13H13BrClN3/c1-8-4-5-10(9(2)6-8)18(3)13-11(14)12(15)16-7-17-13/h4-7H,1-3H3. The van der Waals surface area contributed by atoms with Crippen molar-refractivity contribution in [3.05, 3.63) is 45.3 Å². The van der Waals surface area contributed by atoms with Gasteiger partial charge < -0.3 is 4.90 Å². The maximum absolute atomic E-state index is 5.99. The molecule has 2 rings (SSSR count). The molecular weight excluding hydrogens is 314 g/mol. The SMILES string of the molecule is Cc1ccc(N(C)c2ncnc(Cl)c2Br)c(C)c1. The van der Waals surface area contributed by atoms with E-state index < -0.39 is 0 Å². The Kier molecular flexibility index (Phi) is 3.88. The molecule has 0 unspecified atom stereocenters. The van der Waals surface area contributed by atoms with Crippen molar-refractivity contribution in [2.45, 2.75) is 13.8 Å². The van der Waals surface area contributed by atoms with Crippen molar-refractivity contribution >= 4 is 39.0 Å². The average molecular weight is 327 g/mol. The first kappa shape index (κ1) is 13.3. The normalized spacial score (nSPS) is 10.5. The van der Waals surface area contributed by atoms with E-state index in [0.717, 1.165) is 11.5 Å². The zero-order valence-electron chi connectivity index (χ0n) is 10.4. The van der Waals surface area contributed by atoms with Gasteiger partial charge in [-0.25, -0.2) is 9.97 Å². The van der Waals surface area contributed by atoms with Gasteiger partial charge in [-0.3, -0.25) is 0 Å². The third-order valence-electron chi connectivity index (χ3n) is 2.76. The molecule has 0 aliphatic carbocycles. The minimum absolute atomic E-state index is 0.414. The van der Waals surface area contributed by atoms with Crippen molar-refractivity contribution in [1.29, 1.82) is 0 Å². The van der Waals surface area contributed by atoms with Crippen molar-refractivity contribution < 1.29 is 0 Å². The maximum Gasteiger partial charge on any atom is 0.152 e. The van der Waals surface area contributed by atoms with Crippen LogP contribution in [0.2, 0.25) is 5.15 Å². The summed E-state index contributed by atoms with van der Waals surface area (Å²) in [6, 6.07) is 6.30. The molecule has 0 bridgehead atoms. The fourth-order valence-electron chi connectivity index (χ4n) is 1.87. The Morgan fingerprint density at radius 1 is 1.22 bits per heavy atom. The lowest BCUT2D eigenvalue weighted by Crippen LogP contribution is -2.13. The highest BCUT2D eigenvalue weighted by atomic mass is 79.9. The molecule has 0 atom stereocenters. The summed E-state index contributed by atoms with van der Waals surface area (Å²) < 4.78 is 0.703. The molecule has 3 nitrogen and oxygen atoms in total. The van der Waals surface area contributed by atoms with Crippen molar-refractivity contribution in [1.82, 2.24) is 9.97 Å². The van der Waals surface area contributed by atoms with Crippen LogP contribution >= 0.6 is 27.5 Å². The molecule has 0 aliphatic rings. The third kappa shape index (κ3) is 2.49. The van der Waals surface area contributed by atoms with E-state index in [0.29, 0.717) is 9.63 Å².